The van der Waals surface area contributed by atoms with E-state index >= 15 is 0 Å². The van der Waals surface area contributed by atoms with Crippen LogP contribution >= 0.6 is 0 Å². The Morgan fingerprint density at radius 2 is 1.87 bits per heavy atom. The lowest BCUT2D eigenvalue weighted by atomic mass is 9.79. The zero-order valence-corrected chi connectivity index (χ0v) is 14.0. The monoisotopic (exact) mass is 307 g/mol. The topological polar surface area (TPSA) is 12.5 Å². The number of benzene rings is 2. The fourth-order valence-electron chi connectivity index (χ4n) is 4.69. The van der Waals surface area contributed by atoms with Crippen LogP contribution in [0, 0.1) is 0 Å². The van der Waals surface area contributed by atoms with Crippen LogP contribution < -0.4 is 4.74 Å². The molecule has 0 amide bonds. The first-order valence-electron chi connectivity index (χ1n) is 8.76. The van der Waals surface area contributed by atoms with Gasteiger partial charge < -0.3 is 4.74 Å². The van der Waals surface area contributed by atoms with Crippen molar-refractivity contribution < 1.29 is 4.74 Å². The highest BCUT2D eigenvalue weighted by Crippen LogP contribution is 2.47. The second-order valence-electron chi connectivity index (χ2n) is 6.86. The maximum absolute atomic E-state index is 5.68. The SMILES string of the molecule is COc1cccc2c1[C@H]1CCN([C@H](C)c3ccccc3)[C@H]1CC2. The van der Waals surface area contributed by atoms with Crippen molar-refractivity contribution in [2.75, 3.05) is 13.7 Å². The summed E-state index contributed by atoms with van der Waals surface area (Å²) in [5.74, 6) is 1.72. The first-order chi connectivity index (χ1) is 11.3. The van der Waals surface area contributed by atoms with Gasteiger partial charge in [0.25, 0.3) is 0 Å². The van der Waals surface area contributed by atoms with E-state index in [9.17, 15) is 0 Å². The average Bonchev–Trinajstić information content (AvgIpc) is 3.05. The third kappa shape index (κ3) is 2.46. The van der Waals surface area contributed by atoms with E-state index in [1.54, 1.807) is 7.11 Å². The molecule has 23 heavy (non-hydrogen) atoms. The molecule has 1 fully saturated rings. The molecule has 2 heteroatoms. The molecule has 0 unspecified atom stereocenters. The number of likely N-dealkylation sites (tertiary alicyclic amines) is 1. The second-order valence-corrected chi connectivity index (χ2v) is 6.86. The molecular formula is C21H25NO. The van der Waals surface area contributed by atoms with Crippen molar-refractivity contribution in [1.29, 1.82) is 0 Å². The Bertz CT molecular complexity index is 667. The first-order valence-corrected chi connectivity index (χ1v) is 8.76. The summed E-state index contributed by atoms with van der Waals surface area (Å²) < 4.78 is 5.68. The molecule has 120 valence electrons. The predicted molar refractivity (Wildman–Crippen MR) is 94.0 cm³/mol. The van der Waals surface area contributed by atoms with Crippen molar-refractivity contribution in [1.82, 2.24) is 4.90 Å². The number of fused-ring (bicyclic) bond motifs is 3. The summed E-state index contributed by atoms with van der Waals surface area (Å²) in [7, 11) is 1.80. The van der Waals surface area contributed by atoms with Gasteiger partial charge in [0.1, 0.15) is 5.75 Å². The van der Waals surface area contributed by atoms with Gasteiger partial charge in [-0.25, -0.2) is 0 Å². The smallest absolute Gasteiger partial charge is 0.122 e. The Hall–Kier alpha value is -1.80. The molecule has 0 spiro atoms. The largest absolute Gasteiger partial charge is 0.496 e. The van der Waals surface area contributed by atoms with Crippen molar-refractivity contribution in [3.63, 3.8) is 0 Å². The summed E-state index contributed by atoms with van der Waals surface area (Å²) in [5.41, 5.74) is 4.41. The summed E-state index contributed by atoms with van der Waals surface area (Å²) in [4.78, 5) is 2.72. The van der Waals surface area contributed by atoms with Gasteiger partial charge in [-0.15, -0.1) is 0 Å². The van der Waals surface area contributed by atoms with Gasteiger partial charge in [-0.05, 0) is 49.9 Å². The van der Waals surface area contributed by atoms with Crippen LogP contribution in [0.4, 0.5) is 0 Å². The first kappa shape index (κ1) is 14.8. The molecule has 0 N–H and O–H groups in total. The van der Waals surface area contributed by atoms with Crippen molar-refractivity contribution in [3.05, 3.63) is 65.2 Å². The van der Waals surface area contributed by atoms with Gasteiger partial charge in [-0.1, -0.05) is 42.5 Å². The van der Waals surface area contributed by atoms with E-state index in [4.69, 9.17) is 4.74 Å². The molecule has 0 saturated carbocycles. The number of methoxy groups -OCH3 is 1. The minimum atomic E-state index is 0.488. The number of aryl methyl sites for hydroxylation is 1. The van der Waals surface area contributed by atoms with Gasteiger partial charge in [-0.2, -0.15) is 0 Å². The molecule has 3 atom stereocenters. The van der Waals surface area contributed by atoms with Crippen molar-refractivity contribution in [2.45, 2.75) is 44.2 Å². The maximum Gasteiger partial charge on any atom is 0.122 e. The molecule has 0 bridgehead atoms. The number of hydrogen-bond acceptors (Lipinski definition) is 2. The van der Waals surface area contributed by atoms with Gasteiger partial charge in [0.2, 0.25) is 0 Å². The Morgan fingerprint density at radius 1 is 1.04 bits per heavy atom. The van der Waals surface area contributed by atoms with Crippen LogP contribution in [0.15, 0.2) is 48.5 Å². The summed E-state index contributed by atoms with van der Waals surface area (Å²) in [6, 6.07) is 18.6. The summed E-state index contributed by atoms with van der Waals surface area (Å²) in [5, 5.41) is 0. The third-order valence-electron chi connectivity index (χ3n) is 5.82. The van der Waals surface area contributed by atoms with Crippen LogP contribution in [0.1, 0.15) is 48.4 Å². The molecule has 0 aromatic heterocycles. The van der Waals surface area contributed by atoms with E-state index in [0.717, 1.165) is 5.75 Å². The Labute approximate surface area is 139 Å². The molecule has 1 aliphatic heterocycles. The zero-order chi connectivity index (χ0) is 15.8. The van der Waals surface area contributed by atoms with Crippen LogP contribution in [0.5, 0.6) is 5.75 Å². The normalized spacial score (nSPS) is 24.8. The van der Waals surface area contributed by atoms with Crippen LogP contribution in [-0.2, 0) is 6.42 Å². The van der Waals surface area contributed by atoms with E-state index in [2.05, 4.69) is 60.4 Å². The molecule has 2 aliphatic rings. The second kappa shape index (κ2) is 6.01. The van der Waals surface area contributed by atoms with Gasteiger partial charge in [-0.3, -0.25) is 4.90 Å². The fourth-order valence-corrected chi connectivity index (χ4v) is 4.69. The average molecular weight is 307 g/mol. The minimum absolute atomic E-state index is 0.488. The summed E-state index contributed by atoms with van der Waals surface area (Å²) in [6.45, 7) is 3.54. The Kier molecular flexibility index (Phi) is 3.86. The fraction of sp³-hybridized carbons (Fsp3) is 0.429. The molecule has 2 aromatic carbocycles. The number of nitrogens with zero attached hydrogens (tertiary/aromatic N) is 1. The highest BCUT2D eigenvalue weighted by Gasteiger charge is 2.41. The van der Waals surface area contributed by atoms with Gasteiger partial charge in [0.05, 0.1) is 7.11 Å². The van der Waals surface area contributed by atoms with Crippen molar-refractivity contribution >= 4 is 0 Å². The summed E-state index contributed by atoms with van der Waals surface area (Å²) >= 11 is 0. The molecule has 1 aliphatic carbocycles. The predicted octanol–water partition coefficient (Wildman–Crippen LogP) is 4.56. The van der Waals surface area contributed by atoms with Gasteiger partial charge >= 0.3 is 0 Å². The molecule has 2 nitrogen and oxygen atoms in total. The molecule has 0 radical (unpaired) electrons. The summed E-state index contributed by atoms with van der Waals surface area (Å²) in [6.07, 6.45) is 3.68. The molecular weight excluding hydrogens is 282 g/mol. The molecule has 1 saturated heterocycles. The van der Waals surface area contributed by atoms with E-state index in [0.29, 0.717) is 18.0 Å². The van der Waals surface area contributed by atoms with E-state index in [-0.39, 0.29) is 0 Å². The molecule has 4 rings (SSSR count). The van der Waals surface area contributed by atoms with Crippen LogP contribution in [-0.4, -0.2) is 24.6 Å². The lowest BCUT2D eigenvalue weighted by Gasteiger charge is -2.37. The van der Waals surface area contributed by atoms with Gasteiger partial charge in [0.15, 0.2) is 0 Å². The highest BCUT2D eigenvalue weighted by molar-refractivity contribution is 5.46. The molecule has 2 aromatic rings. The van der Waals surface area contributed by atoms with Crippen molar-refractivity contribution in [2.24, 2.45) is 0 Å². The van der Waals surface area contributed by atoms with E-state index < -0.39 is 0 Å². The zero-order valence-electron chi connectivity index (χ0n) is 14.0. The third-order valence-corrected chi connectivity index (χ3v) is 5.82. The Balaban J connectivity index is 1.65. The minimum Gasteiger partial charge on any atom is -0.496 e. The maximum atomic E-state index is 5.68. The van der Waals surface area contributed by atoms with Crippen LogP contribution in [0.2, 0.25) is 0 Å². The standard InChI is InChI=1S/C21H25NO/c1-15(16-7-4-3-5-8-16)22-14-13-18-19(22)12-11-17-9-6-10-20(23-2)21(17)18/h3-10,15,18-19H,11-14H2,1-2H3/t15-,18+,19+/m1/s1. The number of rotatable bonds is 3. The van der Waals surface area contributed by atoms with Crippen LogP contribution in [0.3, 0.4) is 0 Å². The quantitative estimate of drug-likeness (QED) is 0.824. The highest BCUT2D eigenvalue weighted by atomic mass is 16.5. The van der Waals surface area contributed by atoms with E-state index in [1.165, 1.54) is 42.5 Å². The van der Waals surface area contributed by atoms with Gasteiger partial charge in [0, 0.05) is 23.6 Å². The lowest BCUT2D eigenvalue weighted by Crippen LogP contribution is -2.37. The van der Waals surface area contributed by atoms with Crippen molar-refractivity contribution in [3.8, 4) is 5.75 Å². The van der Waals surface area contributed by atoms with E-state index in [1.807, 2.05) is 0 Å². The Morgan fingerprint density at radius 3 is 2.65 bits per heavy atom. The lowest BCUT2D eigenvalue weighted by molar-refractivity contribution is 0.172. The van der Waals surface area contributed by atoms with Crippen LogP contribution in [0.25, 0.3) is 0 Å². The molecule has 1 heterocycles. The number of hydrogen-bond donors (Lipinski definition) is 0. The number of ether oxygens (including phenoxy) is 1.